The largest absolute Gasteiger partial charge is 0.254 e. The number of nitrogens with zero attached hydrogens (tertiary/aromatic N) is 3. The van der Waals surface area contributed by atoms with E-state index < -0.39 is 0 Å². The number of hydrogen-bond acceptors (Lipinski definition) is 3. The summed E-state index contributed by atoms with van der Waals surface area (Å²) < 4.78 is 0. The Labute approximate surface area is 161 Å². The summed E-state index contributed by atoms with van der Waals surface area (Å²) in [7, 11) is 0. The SMILES string of the molecule is c1ccc2nc3cccc(-c4ccc5ccc6cccnc6c5n4)c3cc2c1. The minimum atomic E-state index is 0.932. The normalized spacial score (nSPS) is 11.6. The fourth-order valence-corrected chi connectivity index (χ4v) is 3.90. The highest BCUT2D eigenvalue weighted by atomic mass is 14.8. The van der Waals surface area contributed by atoms with Gasteiger partial charge in [0.2, 0.25) is 0 Å². The lowest BCUT2D eigenvalue weighted by Gasteiger charge is -2.09. The van der Waals surface area contributed by atoms with Crippen LogP contribution in [0.25, 0.3) is 54.9 Å². The summed E-state index contributed by atoms with van der Waals surface area (Å²) in [4.78, 5) is 14.4. The standard InChI is InChI=1S/C25H15N3/c1-2-8-21-18(5-1)15-20-19(7-3-9-22(20)27-21)23-13-12-17-11-10-16-6-4-14-26-24(16)25(17)28-23/h1-15H. The maximum absolute atomic E-state index is 5.01. The van der Waals surface area contributed by atoms with Crippen molar-refractivity contribution in [3.8, 4) is 11.3 Å². The molecule has 0 bridgehead atoms. The Morgan fingerprint density at radius 1 is 0.536 bits per heavy atom. The van der Waals surface area contributed by atoms with Gasteiger partial charge in [-0.2, -0.15) is 0 Å². The molecule has 0 fully saturated rings. The van der Waals surface area contributed by atoms with Crippen LogP contribution in [0, 0.1) is 0 Å². The van der Waals surface area contributed by atoms with Gasteiger partial charge >= 0.3 is 0 Å². The quantitative estimate of drug-likeness (QED) is 0.262. The van der Waals surface area contributed by atoms with Crippen molar-refractivity contribution >= 4 is 43.6 Å². The van der Waals surface area contributed by atoms with Crippen molar-refractivity contribution in [2.45, 2.75) is 0 Å². The number of aromatic nitrogens is 3. The van der Waals surface area contributed by atoms with Crippen molar-refractivity contribution < 1.29 is 0 Å². The first-order valence-corrected chi connectivity index (χ1v) is 9.30. The van der Waals surface area contributed by atoms with Crippen LogP contribution < -0.4 is 0 Å². The van der Waals surface area contributed by atoms with E-state index in [1.54, 1.807) is 0 Å². The molecule has 0 atom stereocenters. The van der Waals surface area contributed by atoms with Gasteiger partial charge in [-0.05, 0) is 30.3 Å². The van der Waals surface area contributed by atoms with Crippen LogP contribution in [0.15, 0.2) is 91.1 Å². The molecule has 28 heavy (non-hydrogen) atoms. The van der Waals surface area contributed by atoms with Gasteiger partial charge in [0.05, 0.1) is 27.8 Å². The van der Waals surface area contributed by atoms with Gasteiger partial charge in [0.15, 0.2) is 0 Å². The van der Waals surface area contributed by atoms with E-state index in [2.05, 4.69) is 59.6 Å². The zero-order chi connectivity index (χ0) is 18.5. The lowest BCUT2D eigenvalue weighted by Crippen LogP contribution is -1.91. The highest BCUT2D eigenvalue weighted by Gasteiger charge is 2.10. The van der Waals surface area contributed by atoms with Gasteiger partial charge in [0.1, 0.15) is 0 Å². The molecular weight excluding hydrogens is 342 g/mol. The molecule has 130 valence electrons. The van der Waals surface area contributed by atoms with Gasteiger partial charge < -0.3 is 0 Å². The van der Waals surface area contributed by atoms with Crippen molar-refractivity contribution in [1.82, 2.24) is 15.0 Å². The third kappa shape index (κ3) is 2.26. The first kappa shape index (κ1) is 15.2. The highest BCUT2D eigenvalue weighted by Crippen LogP contribution is 2.31. The van der Waals surface area contributed by atoms with Crippen molar-refractivity contribution in [2.24, 2.45) is 0 Å². The third-order valence-corrected chi connectivity index (χ3v) is 5.27. The number of hydrogen-bond donors (Lipinski definition) is 0. The second-order valence-electron chi connectivity index (χ2n) is 6.96. The van der Waals surface area contributed by atoms with Crippen LogP contribution in [-0.4, -0.2) is 15.0 Å². The van der Waals surface area contributed by atoms with Crippen LogP contribution in [0.1, 0.15) is 0 Å². The van der Waals surface area contributed by atoms with E-state index in [0.29, 0.717) is 0 Å². The zero-order valence-corrected chi connectivity index (χ0v) is 15.0. The van der Waals surface area contributed by atoms with Crippen LogP contribution in [0.4, 0.5) is 0 Å². The molecule has 0 unspecified atom stereocenters. The summed E-state index contributed by atoms with van der Waals surface area (Å²) in [6.07, 6.45) is 1.82. The molecule has 0 aliphatic heterocycles. The summed E-state index contributed by atoms with van der Waals surface area (Å²) in [5, 5.41) is 4.44. The minimum absolute atomic E-state index is 0.932. The smallest absolute Gasteiger partial charge is 0.0972 e. The van der Waals surface area contributed by atoms with E-state index in [-0.39, 0.29) is 0 Å². The van der Waals surface area contributed by atoms with E-state index in [9.17, 15) is 0 Å². The monoisotopic (exact) mass is 357 g/mol. The Kier molecular flexibility index (Phi) is 3.17. The summed E-state index contributed by atoms with van der Waals surface area (Å²) in [5.74, 6) is 0. The number of rotatable bonds is 1. The van der Waals surface area contributed by atoms with Gasteiger partial charge in [0.25, 0.3) is 0 Å². The average Bonchev–Trinajstić information content (AvgIpc) is 2.77. The molecule has 0 amide bonds. The van der Waals surface area contributed by atoms with Crippen molar-refractivity contribution in [2.75, 3.05) is 0 Å². The number of benzene rings is 3. The van der Waals surface area contributed by atoms with Gasteiger partial charge in [-0.15, -0.1) is 0 Å². The van der Waals surface area contributed by atoms with E-state index in [0.717, 1.165) is 54.9 Å². The van der Waals surface area contributed by atoms with Crippen LogP contribution in [0.2, 0.25) is 0 Å². The Balaban J connectivity index is 1.67. The predicted molar refractivity (Wildman–Crippen MR) is 115 cm³/mol. The zero-order valence-electron chi connectivity index (χ0n) is 15.0. The number of fused-ring (bicyclic) bond motifs is 5. The fourth-order valence-electron chi connectivity index (χ4n) is 3.90. The van der Waals surface area contributed by atoms with Crippen LogP contribution >= 0.6 is 0 Å². The van der Waals surface area contributed by atoms with Crippen molar-refractivity contribution in [1.29, 1.82) is 0 Å². The van der Waals surface area contributed by atoms with Gasteiger partial charge in [-0.25, -0.2) is 9.97 Å². The Morgan fingerprint density at radius 3 is 2.29 bits per heavy atom. The maximum atomic E-state index is 5.01. The lowest BCUT2D eigenvalue weighted by molar-refractivity contribution is 1.37. The first-order chi connectivity index (χ1) is 13.9. The Bertz CT molecular complexity index is 1520. The van der Waals surface area contributed by atoms with Crippen LogP contribution in [0.5, 0.6) is 0 Å². The van der Waals surface area contributed by atoms with E-state index in [1.165, 1.54) is 0 Å². The second-order valence-corrected chi connectivity index (χ2v) is 6.96. The fraction of sp³-hybridized carbons (Fsp3) is 0. The second kappa shape index (κ2) is 5.83. The van der Waals surface area contributed by atoms with Crippen molar-refractivity contribution in [3.63, 3.8) is 0 Å². The molecule has 0 N–H and O–H groups in total. The molecule has 0 saturated carbocycles. The molecule has 0 aliphatic rings. The molecule has 3 heteroatoms. The average molecular weight is 357 g/mol. The lowest BCUT2D eigenvalue weighted by atomic mass is 10.0. The summed E-state index contributed by atoms with van der Waals surface area (Å²) in [6, 6.07) is 29.1. The topological polar surface area (TPSA) is 38.7 Å². The van der Waals surface area contributed by atoms with E-state index in [4.69, 9.17) is 9.97 Å². The van der Waals surface area contributed by atoms with Crippen LogP contribution in [-0.2, 0) is 0 Å². The predicted octanol–water partition coefficient (Wildman–Crippen LogP) is 6.15. The highest BCUT2D eigenvalue weighted by molar-refractivity contribution is 6.05. The molecule has 0 spiro atoms. The summed E-state index contributed by atoms with van der Waals surface area (Å²) in [6.45, 7) is 0. The van der Waals surface area contributed by atoms with Gasteiger partial charge in [0, 0.05) is 33.3 Å². The minimum Gasteiger partial charge on any atom is -0.254 e. The molecular formula is C25H15N3. The molecule has 0 saturated heterocycles. The summed E-state index contributed by atoms with van der Waals surface area (Å²) in [5.41, 5.74) is 5.88. The number of pyridine rings is 3. The van der Waals surface area contributed by atoms with Crippen LogP contribution in [0.3, 0.4) is 0 Å². The third-order valence-electron chi connectivity index (χ3n) is 5.27. The maximum Gasteiger partial charge on any atom is 0.0972 e. The molecule has 6 aromatic rings. The molecule has 3 aromatic heterocycles. The molecule has 3 heterocycles. The first-order valence-electron chi connectivity index (χ1n) is 9.30. The van der Waals surface area contributed by atoms with Gasteiger partial charge in [-0.3, -0.25) is 4.98 Å². The van der Waals surface area contributed by atoms with Crippen molar-refractivity contribution in [3.05, 3.63) is 91.1 Å². The Hall–Kier alpha value is -3.85. The molecule has 3 nitrogen and oxygen atoms in total. The molecule has 3 aromatic carbocycles. The summed E-state index contributed by atoms with van der Waals surface area (Å²) >= 11 is 0. The van der Waals surface area contributed by atoms with Gasteiger partial charge in [-0.1, -0.05) is 54.6 Å². The number of para-hydroxylation sites is 1. The Morgan fingerprint density at radius 2 is 1.32 bits per heavy atom. The van der Waals surface area contributed by atoms with E-state index >= 15 is 0 Å². The molecule has 6 rings (SSSR count). The molecule has 0 aliphatic carbocycles. The molecule has 0 radical (unpaired) electrons. The van der Waals surface area contributed by atoms with E-state index in [1.807, 2.05) is 36.5 Å².